The molecule has 0 unspecified atom stereocenters. The van der Waals surface area contributed by atoms with Crippen molar-refractivity contribution in [3.05, 3.63) is 47.1 Å². The molecule has 0 atom stereocenters. The second-order valence-corrected chi connectivity index (χ2v) is 5.17. The smallest absolute Gasteiger partial charge is 0.00884 e. The van der Waals surface area contributed by atoms with Crippen molar-refractivity contribution < 1.29 is 0 Å². The molecule has 0 nitrogen and oxygen atoms in total. The van der Waals surface area contributed by atoms with E-state index >= 15 is 0 Å². The van der Waals surface area contributed by atoms with Gasteiger partial charge in [-0.1, -0.05) is 49.6 Å². The summed E-state index contributed by atoms with van der Waals surface area (Å²) in [6, 6.07) is 0. The van der Waals surface area contributed by atoms with Crippen LogP contribution in [0.4, 0.5) is 0 Å². The molecule has 0 saturated heterocycles. The van der Waals surface area contributed by atoms with Gasteiger partial charge < -0.3 is 0 Å². The van der Waals surface area contributed by atoms with Crippen molar-refractivity contribution in [1.82, 2.24) is 0 Å². The van der Waals surface area contributed by atoms with E-state index in [2.05, 4.69) is 30.4 Å². The molecule has 3 aliphatic rings. The molecule has 0 N–H and O–H groups in total. The van der Waals surface area contributed by atoms with E-state index < -0.39 is 0 Å². The quantitative estimate of drug-likeness (QED) is 0.622. The highest BCUT2D eigenvalue weighted by molar-refractivity contribution is 5.54. The van der Waals surface area contributed by atoms with Gasteiger partial charge in [0.05, 0.1) is 0 Å². The first kappa shape index (κ1) is 10.1. The van der Waals surface area contributed by atoms with Gasteiger partial charge in [-0.25, -0.2) is 0 Å². The van der Waals surface area contributed by atoms with Gasteiger partial charge in [-0.2, -0.15) is 0 Å². The fourth-order valence-corrected chi connectivity index (χ4v) is 3.30. The van der Waals surface area contributed by atoms with Crippen LogP contribution in [0.3, 0.4) is 0 Å². The van der Waals surface area contributed by atoms with Crippen LogP contribution in [0.5, 0.6) is 0 Å². The van der Waals surface area contributed by atoms with Gasteiger partial charge in [-0.3, -0.25) is 0 Å². The minimum absolute atomic E-state index is 0.865. The zero-order valence-electron chi connectivity index (χ0n) is 9.91. The molecule has 0 aromatic rings. The maximum Gasteiger partial charge on any atom is -0.00884 e. The van der Waals surface area contributed by atoms with Gasteiger partial charge >= 0.3 is 0 Å². The molecule has 0 bridgehead atoms. The Hall–Kier alpha value is -1.04. The van der Waals surface area contributed by atoms with Crippen LogP contribution >= 0.6 is 0 Å². The van der Waals surface area contributed by atoms with E-state index in [1.54, 1.807) is 16.7 Å². The second-order valence-electron chi connectivity index (χ2n) is 5.17. The summed E-state index contributed by atoms with van der Waals surface area (Å²) in [6.07, 6.45) is 21.2. The van der Waals surface area contributed by atoms with Gasteiger partial charge in [0.2, 0.25) is 0 Å². The van der Waals surface area contributed by atoms with E-state index in [-0.39, 0.29) is 0 Å². The van der Waals surface area contributed by atoms with Crippen LogP contribution in [0, 0.1) is 5.92 Å². The fourth-order valence-electron chi connectivity index (χ4n) is 3.30. The molecule has 16 heavy (non-hydrogen) atoms. The van der Waals surface area contributed by atoms with Crippen LogP contribution in [0.25, 0.3) is 0 Å². The van der Waals surface area contributed by atoms with Gasteiger partial charge in [0, 0.05) is 0 Å². The van der Waals surface area contributed by atoms with Gasteiger partial charge in [0.15, 0.2) is 0 Å². The molecule has 0 amide bonds. The first-order valence-corrected chi connectivity index (χ1v) is 6.72. The summed E-state index contributed by atoms with van der Waals surface area (Å²) in [7, 11) is 0. The van der Waals surface area contributed by atoms with E-state index in [9.17, 15) is 0 Å². The predicted molar refractivity (Wildman–Crippen MR) is 69.2 cm³/mol. The number of allylic oxidation sites excluding steroid dienone is 8. The summed E-state index contributed by atoms with van der Waals surface area (Å²) in [4.78, 5) is 0. The summed E-state index contributed by atoms with van der Waals surface area (Å²) >= 11 is 0. The molecule has 0 spiro atoms. The maximum atomic E-state index is 2.48. The third-order valence-electron chi connectivity index (χ3n) is 4.13. The molecule has 0 heterocycles. The molecule has 0 aliphatic heterocycles. The minimum Gasteiger partial charge on any atom is -0.0801 e. The normalized spacial score (nSPS) is 25.6. The molecule has 1 saturated carbocycles. The lowest BCUT2D eigenvalue weighted by Crippen LogP contribution is -2.10. The lowest BCUT2D eigenvalue weighted by Gasteiger charge is -2.25. The van der Waals surface area contributed by atoms with E-state index in [1.165, 1.54) is 38.5 Å². The van der Waals surface area contributed by atoms with E-state index in [0.29, 0.717) is 0 Å². The monoisotopic (exact) mass is 212 g/mol. The average molecular weight is 212 g/mol. The summed E-state index contributed by atoms with van der Waals surface area (Å²) in [5, 5.41) is 0. The number of hydrogen-bond acceptors (Lipinski definition) is 0. The molecule has 84 valence electrons. The largest absolute Gasteiger partial charge is 0.0801 e. The summed E-state index contributed by atoms with van der Waals surface area (Å²) in [5.41, 5.74) is 4.81. The fraction of sp³-hybridized carbons (Fsp3) is 0.500. The van der Waals surface area contributed by atoms with Crippen molar-refractivity contribution in [2.45, 2.75) is 44.9 Å². The first-order chi connectivity index (χ1) is 7.95. The first-order valence-electron chi connectivity index (χ1n) is 6.72. The number of rotatable bonds is 2. The summed E-state index contributed by atoms with van der Waals surface area (Å²) in [6.45, 7) is 0. The van der Waals surface area contributed by atoms with Gasteiger partial charge in [0.25, 0.3) is 0 Å². The number of hydrogen-bond donors (Lipinski definition) is 0. The molecule has 0 aromatic carbocycles. The standard InChI is InChI=1S/C16H20/c1-2-7-13(8-3-1)15-11-6-12-16(15)14-9-4-5-10-14/h4-5,9,11-13H,1-3,6-8,10H2. The minimum atomic E-state index is 0.865. The summed E-state index contributed by atoms with van der Waals surface area (Å²) in [5.74, 6) is 0.865. The Kier molecular flexibility index (Phi) is 2.82. The van der Waals surface area contributed by atoms with Crippen LogP contribution in [-0.2, 0) is 0 Å². The van der Waals surface area contributed by atoms with Crippen LogP contribution in [0.1, 0.15) is 44.9 Å². The molecular formula is C16H20. The SMILES string of the molecule is C1=CCC(C2=CCC=C2C2CCCCC2)=C1. The van der Waals surface area contributed by atoms with Crippen molar-refractivity contribution in [3.63, 3.8) is 0 Å². The van der Waals surface area contributed by atoms with E-state index in [1.807, 2.05) is 0 Å². The highest BCUT2D eigenvalue weighted by Gasteiger charge is 2.24. The van der Waals surface area contributed by atoms with Crippen LogP contribution in [-0.4, -0.2) is 0 Å². The Labute approximate surface area is 98.4 Å². The topological polar surface area (TPSA) is 0 Å². The summed E-state index contributed by atoms with van der Waals surface area (Å²) < 4.78 is 0. The van der Waals surface area contributed by atoms with E-state index in [0.717, 1.165) is 12.3 Å². The van der Waals surface area contributed by atoms with Crippen LogP contribution in [0.15, 0.2) is 47.1 Å². The Morgan fingerprint density at radius 2 is 1.88 bits per heavy atom. The maximum absolute atomic E-state index is 2.48. The zero-order chi connectivity index (χ0) is 10.8. The van der Waals surface area contributed by atoms with Gasteiger partial charge in [-0.15, -0.1) is 0 Å². The highest BCUT2D eigenvalue weighted by Crippen LogP contribution is 2.40. The van der Waals surface area contributed by atoms with Crippen LogP contribution in [0.2, 0.25) is 0 Å². The van der Waals surface area contributed by atoms with Crippen molar-refractivity contribution in [3.8, 4) is 0 Å². The predicted octanol–water partition coefficient (Wildman–Crippen LogP) is 4.71. The molecule has 3 aliphatic carbocycles. The molecule has 0 heteroatoms. The third-order valence-corrected chi connectivity index (χ3v) is 4.13. The average Bonchev–Trinajstić information content (AvgIpc) is 3.01. The Balaban J connectivity index is 1.77. The third kappa shape index (κ3) is 1.81. The molecule has 0 radical (unpaired) electrons. The van der Waals surface area contributed by atoms with Crippen molar-refractivity contribution in [2.75, 3.05) is 0 Å². The molecule has 0 aromatic heterocycles. The van der Waals surface area contributed by atoms with Crippen molar-refractivity contribution >= 4 is 0 Å². The lowest BCUT2D eigenvalue weighted by molar-refractivity contribution is 0.406. The molecule has 1 fully saturated rings. The highest BCUT2D eigenvalue weighted by atomic mass is 14.3. The van der Waals surface area contributed by atoms with Crippen molar-refractivity contribution in [2.24, 2.45) is 5.92 Å². The Morgan fingerprint density at radius 3 is 2.62 bits per heavy atom. The zero-order valence-corrected chi connectivity index (χ0v) is 9.91. The van der Waals surface area contributed by atoms with Crippen molar-refractivity contribution in [1.29, 1.82) is 0 Å². The van der Waals surface area contributed by atoms with E-state index in [4.69, 9.17) is 0 Å². The van der Waals surface area contributed by atoms with Crippen LogP contribution < -0.4 is 0 Å². The lowest BCUT2D eigenvalue weighted by atomic mass is 9.80. The van der Waals surface area contributed by atoms with Gasteiger partial charge in [-0.05, 0) is 48.3 Å². The Morgan fingerprint density at radius 1 is 1.00 bits per heavy atom. The molecular weight excluding hydrogens is 192 g/mol. The second kappa shape index (κ2) is 4.45. The van der Waals surface area contributed by atoms with Gasteiger partial charge in [0.1, 0.15) is 0 Å². The Bertz CT molecular complexity index is 384. The molecule has 3 rings (SSSR count).